The van der Waals surface area contributed by atoms with E-state index in [1.165, 1.54) is 26.0 Å². The van der Waals surface area contributed by atoms with Crippen molar-refractivity contribution in [3.63, 3.8) is 0 Å². The van der Waals surface area contributed by atoms with Crippen LogP contribution in [0, 0.1) is 0 Å². The van der Waals surface area contributed by atoms with Crippen LogP contribution >= 0.6 is 0 Å². The second-order valence-electron chi connectivity index (χ2n) is 4.63. The van der Waals surface area contributed by atoms with E-state index in [2.05, 4.69) is 5.32 Å². The zero-order valence-electron chi connectivity index (χ0n) is 11.2. The smallest absolute Gasteiger partial charge is 0.328 e. The summed E-state index contributed by atoms with van der Waals surface area (Å²) < 4.78 is 5.18. The zero-order valence-corrected chi connectivity index (χ0v) is 11.2. The van der Waals surface area contributed by atoms with Crippen LogP contribution in [0.1, 0.15) is 24.2 Å². The Hall–Kier alpha value is -2.57. The van der Waals surface area contributed by atoms with Gasteiger partial charge in [-0.15, -0.1) is 0 Å². The Balaban J connectivity index is 2.67. The van der Waals surface area contributed by atoms with E-state index in [0.717, 1.165) is 0 Å². The Kier molecular flexibility index (Phi) is 4.68. The molecule has 108 valence electrons. The number of nitrogens with one attached hydrogen (secondary N) is 1. The fourth-order valence-electron chi connectivity index (χ4n) is 1.38. The summed E-state index contributed by atoms with van der Waals surface area (Å²) in [5.74, 6) is -2.28. The first-order chi connectivity index (χ1) is 9.24. The Morgan fingerprint density at radius 1 is 1.30 bits per heavy atom. The van der Waals surface area contributed by atoms with Crippen molar-refractivity contribution in [2.75, 3.05) is 6.61 Å². The average molecular weight is 280 g/mol. The fourth-order valence-corrected chi connectivity index (χ4v) is 1.38. The SMILES string of the molecule is CC(C)(NC(=O)COc1ccccc1C(N)=O)C(=O)O. The Morgan fingerprint density at radius 2 is 1.90 bits per heavy atom. The van der Waals surface area contributed by atoms with Gasteiger partial charge < -0.3 is 20.9 Å². The topological polar surface area (TPSA) is 119 Å². The van der Waals surface area contributed by atoms with E-state index in [1.807, 2.05) is 0 Å². The Bertz CT molecular complexity index is 539. The molecule has 0 aromatic heterocycles. The van der Waals surface area contributed by atoms with Gasteiger partial charge in [0.2, 0.25) is 0 Å². The molecule has 0 atom stereocenters. The van der Waals surface area contributed by atoms with E-state index in [9.17, 15) is 14.4 Å². The second kappa shape index (κ2) is 6.05. The van der Waals surface area contributed by atoms with E-state index in [0.29, 0.717) is 0 Å². The molecule has 0 unspecified atom stereocenters. The maximum Gasteiger partial charge on any atom is 0.328 e. The highest BCUT2D eigenvalue weighted by atomic mass is 16.5. The number of rotatable bonds is 6. The summed E-state index contributed by atoms with van der Waals surface area (Å²) in [5, 5.41) is 11.2. The Morgan fingerprint density at radius 3 is 2.45 bits per heavy atom. The minimum Gasteiger partial charge on any atom is -0.483 e. The lowest BCUT2D eigenvalue weighted by molar-refractivity contribution is -0.146. The molecular weight excluding hydrogens is 264 g/mol. The number of carbonyl (C=O) groups excluding carboxylic acids is 2. The second-order valence-corrected chi connectivity index (χ2v) is 4.63. The minimum absolute atomic E-state index is 0.151. The molecule has 0 saturated heterocycles. The first-order valence-electron chi connectivity index (χ1n) is 5.80. The molecule has 1 aromatic rings. The van der Waals surface area contributed by atoms with E-state index in [4.69, 9.17) is 15.6 Å². The van der Waals surface area contributed by atoms with Gasteiger partial charge in [0.05, 0.1) is 5.56 Å². The molecule has 0 saturated carbocycles. The molecule has 0 aliphatic heterocycles. The summed E-state index contributed by atoms with van der Waals surface area (Å²) >= 11 is 0. The molecule has 4 N–H and O–H groups in total. The van der Waals surface area contributed by atoms with Crippen LogP contribution in [0.15, 0.2) is 24.3 Å². The van der Waals surface area contributed by atoms with Gasteiger partial charge in [0.25, 0.3) is 11.8 Å². The number of ether oxygens (including phenoxy) is 1. The predicted molar refractivity (Wildman–Crippen MR) is 70.3 cm³/mol. The molecule has 0 aliphatic rings. The van der Waals surface area contributed by atoms with Crippen LogP contribution in [0.2, 0.25) is 0 Å². The molecule has 0 heterocycles. The van der Waals surface area contributed by atoms with E-state index in [1.54, 1.807) is 12.1 Å². The number of hydrogen-bond donors (Lipinski definition) is 3. The molecule has 0 aliphatic carbocycles. The van der Waals surface area contributed by atoms with Crippen LogP contribution < -0.4 is 15.8 Å². The Labute approximate surface area is 115 Å². The summed E-state index contributed by atoms with van der Waals surface area (Å²) in [5.41, 5.74) is 3.92. The van der Waals surface area contributed by atoms with Crippen molar-refractivity contribution in [2.45, 2.75) is 19.4 Å². The minimum atomic E-state index is -1.40. The van der Waals surface area contributed by atoms with E-state index >= 15 is 0 Å². The van der Waals surface area contributed by atoms with Gasteiger partial charge in [0.1, 0.15) is 11.3 Å². The normalized spacial score (nSPS) is 10.7. The molecule has 2 amide bonds. The first-order valence-corrected chi connectivity index (χ1v) is 5.80. The largest absolute Gasteiger partial charge is 0.483 e. The monoisotopic (exact) mass is 280 g/mol. The third-order valence-electron chi connectivity index (χ3n) is 2.50. The first kappa shape index (κ1) is 15.5. The van der Waals surface area contributed by atoms with Gasteiger partial charge in [-0.3, -0.25) is 9.59 Å². The molecule has 7 nitrogen and oxygen atoms in total. The van der Waals surface area contributed by atoms with Gasteiger partial charge in [-0.05, 0) is 26.0 Å². The van der Waals surface area contributed by atoms with Gasteiger partial charge in [0, 0.05) is 0 Å². The van der Waals surface area contributed by atoms with Gasteiger partial charge in [-0.1, -0.05) is 12.1 Å². The van der Waals surface area contributed by atoms with Crippen molar-refractivity contribution in [1.82, 2.24) is 5.32 Å². The number of primary amides is 1. The van der Waals surface area contributed by atoms with E-state index < -0.39 is 29.9 Å². The fraction of sp³-hybridized carbons (Fsp3) is 0.308. The molecule has 1 aromatic carbocycles. The van der Waals surface area contributed by atoms with Crippen molar-refractivity contribution in [2.24, 2.45) is 5.73 Å². The van der Waals surface area contributed by atoms with Crippen LogP contribution in [0.3, 0.4) is 0 Å². The van der Waals surface area contributed by atoms with Gasteiger partial charge >= 0.3 is 5.97 Å². The number of aliphatic carboxylic acids is 1. The molecule has 7 heteroatoms. The number of nitrogens with two attached hydrogens (primary N) is 1. The number of para-hydroxylation sites is 1. The number of carboxylic acids is 1. The highest BCUT2D eigenvalue weighted by Crippen LogP contribution is 2.17. The van der Waals surface area contributed by atoms with E-state index in [-0.39, 0.29) is 11.3 Å². The summed E-state index contributed by atoms with van der Waals surface area (Å²) in [4.78, 5) is 33.6. The third kappa shape index (κ3) is 3.98. The number of amides is 2. The highest BCUT2D eigenvalue weighted by Gasteiger charge is 2.29. The summed E-state index contributed by atoms with van der Waals surface area (Å²) in [7, 11) is 0. The predicted octanol–water partition coefficient (Wildman–Crippen LogP) is 0.144. The maximum absolute atomic E-state index is 11.6. The number of carboxylic acid groups (broad SMARTS) is 1. The lowest BCUT2D eigenvalue weighted by Gasteiger charge is -2.21. The number of hydrogen-bond acceptors (Lipinski definition) is 4. The summed E-state index contributed by atoms with van der Waals surface area (Å²) in [6, 6.07) is 6.20. The van der Waals surface area contributed by atoms with Crippen molar-refractivity contribution < 1.29 is 24.2 Å². The van der Waals surface area contributed by atoms with Crippen molar-refractivity contribution in [1.29, 1.82) is 0 Å². The van der Waals surface area contributed by atoms with Crippen LogP contribution in [-0.4, -0.2) is 35.0 Å². The van der Waals surface area contributed by atoms with Gasteiger partial charge in [-0.25, -0.2) is 4.79 Å². The van der Waals surface area contributed by atoms with Gasteiger partial charge in [0.15, 0.2) is 6.61 Å². The summed E-state index contributed by atoms with van der Waals surface area (Å²) in [6.07, 6.45) is 0. The quantitative estimate of drug-likeness (QED) is 0.685. The standard InChI is InChI=1S/C13H16N2O5/c1-13(2,12(18)19)15-10(16)7-20-9-6-4-3-5-8(9)11(14)17/h3-6H,7H2,1-2H3,(H2,14,17)(H,15,16)(H,18,19). The zero-order chi connectivity index (χ0) is 15.3. The number of benzene rings is 1. The van der Waals surface area contributed by atoms with Crippen molar-refractivity contribution >= 4 is 17.8 Å². The molecule has 1 rings (SSSR count). The van der Waals surface area contributed by atoms with Crippen LogP contribution in [0.5, 0.6) is 5.75 Å². The molecule has 20 heavy (non-hydrogen) atoms. The van der Waals surface area contributed by atoms with Crippen LogP contribution in [0.4, 0.5) is 0 Å². The van der Waals surface area contributed by atoms with Crippen molar-refractivity contribution in [3.8, 4) is 5.75 Å². The summed E-state index contributed by atoms with van der Waals surface area (Å²) in [6.45, 7) is 2.29. The average Bonchev–Trinajstić information content (AvgIpc) is 2.35. The number of carbonyl (C=O) groups is 3. The molecular formula is C13H16N2O5. The third-order valence-corrected chi connectivity index (χ3v) is 2.50. The van der Waals surface area contributed by atoms with Crippen LogP contribution in [0.25, 0.3) is 0 Å². The maximum atomic E-state index is 11.6. The van der Waals surface area contributed by atoms with Crippen molar-refractivity contribution in [3.05, 3.63) is 29.8 Å². The lowest BCUT2D eigenvalue weighted by Crippen LogP contribution is -2.51. The molecule has 0 fully saturated rings. The molecule has 0 spiro atoms. The van der Waals surface area contributed by atoms with Crippen LogP contribution in [-0.2, 0) is 9.59 Å². The lowest BCUT2D eigenvalue weighted by atomic mass is 10.1. The molecule has 0 bridgehead atoms. The highest BCUT2D eigenvalue weighted by molar-refractivity contribution is 5.95. The molecule has 0 radical (unpaired) electrons. The van der Waals surface area contributed by atoms with Gasteiger partial charge in [-0.2, -0.15) is 0 Å².